The van der Waals surface area contributed by atoms with Crippen LogP contribution in [-0.2, 0) is 35.9 Å². The van der Waals surface area contributed by atoms with Crippen LogP contribution in [0.4, 0.5) is 0 Å². The van der Waals surface area contributed by atoms with Gasteiger partial charge in [-0.3, -0.25) is 18.0 Å². The highest BCUT2D eigenvalue weighted by Gasteiger charge is 2.24. The molecule has 0 rings (SSSR count). The normalized spacial score (nSPS) is 14.7. The van der Waals surface area contributed by atoms with Gasteiger partial charge in [0.2, 0.25) is 0 Å². The predicted octanol–water partition coefficient (Wildman–Crippen LogP) is 2.74. The third kappa shape index (κ3) is 13.4. The molecule has 0 fully saturated rings. The molecule has 0 bridgehead atoms. The van der Waals surface area contributed by atoms with Crippen molar-refractivity contribution in [2.45, 2.75) is 59.8 Å². The van der Waals surface area contributed by atoms with Gasteiger partial charge in [0.05, 0.1) is 20.0 Å². The van der Waals surface area contributed by atoms with Crippen molar-refractivity contribution < 1.29 is 27.9 Å². The van der Waals surface area contributed by atoms with Crippen molar-refractivity contribution in [1.82, 2.24) is 0 Å². The molecule has 0 aliphatic rings. The lowest BCUT2D eigenvalue weighted by atomic mass is 9.86. The first-order chi connectivity index (χ1) is 11.9. The molecule has 0 heterocycles. The van der Waals surface area contributed by atoms with Crippen molar-refractivity contribution in [2.24, 2.45) is 10.8 Å². The first-order valence-electron chi connectivity index (χ1n) is 8.85. The van der Waals surface area contributed by atoms with Crippen LogP contribution in [-0.4, -0.2) is 55.6 Å². The van der Waals surface area contributed by atoms with E-state index in [9.17, 15) is 18.0 Å². The van der Waals surface area contributed by atoms with Gasteiger partial charge in [0, 0.05) is 44.6 Å². The molecule has 0 amide bonds. The summed E-state index contributed by atoms with van der Waals surface area (Å²) in [4.78, 5) is 22.1. The van der Waals surface area contributed by atoms with Gasteiger partial charge in [-0.05, 0) is 30.1 Å². The maximum Gasteiger partial charge on any atom is 0.306 e. The molecular weight excluding hydrogens is 376 g/mol. The van der Waals surface area contributed by atoms with Crippen LogP contribution in [0.3, 0.4) is 0 Å². The van der Waals surface area contributed by atoms with Gasteiger partial charge in [-0.25, -0.2) is 0 Å². The molecule has 8 heteroatoms. The maximum absolute atomic E-state index is 12.1. The highest BCUT2D eigenvalue weighted by molar-refractivity contribution is 7.85. The van der Waals surface area contributed by atoms with Crippen LogP contribution in [0.1, 0.15) is 59.8 Å². The van der Waals surface area contributed by atoms with Crippen molar-refractivity contribution in [3.8, 4) is 0 Å². The largest absolute Gasteiger partial charge is 0.481 e. The molecule has 154 valence electrons. The minimum absolute atomic E-state index is 0.0651. The van der Waals surface area contributed by atoms with Crippen molar-refractivity contribution >= 4 is 33.5 Å². The zero-order chi connectivity index (χ0) is 20.4. The van der Waals surface area contributed by atoms with E-state index in [4.69, 9.17) is 5.11 Å². The molecule has 6 nitrogen and oxygen atoms in total. The van der Waals surface area contributed by atoms with Crippen LogP contribution < -0.4 is 0 Å². The summed E-state index contributed by atoms with van der Waals surface area (Å²) in [5.74, 6) is 0.869. The van der Waals surface area contributed by atoms with Gasteiger partial charge in [0.25, 0.3) is 0 Å². The van der Waals surface area contributed by atoms with Crippen molar-refractivity contribution in [3.05, 3.63) is 0 Å². The number of hydrogen-bond acceptors (Lipinski definition) is 5. The number of carboxylic acids is 1. The first kappa shape index (κ1) is 25.2. The molecule has 0 aromatic rings. The fourth-order valence-electron chi connectivity index (χ4n) is 2.41. The molecule has 0 saturated carbocycles. The van der Waals surface area contributed by atoms with Crippen LogP contribution in [0.15, 0.2) is 0 Å². The van der Waals surface area contributed by atoms with E-state index >= 15 is 0 Å². The topological polar surface area (TPSA) is 97.7 Å². The third-order valence-corrected chi connectivity index (χ3v) is 7.04. The zero-order valence-electron chi connectivity index (χ0n) is 16.7. The monoisotopic (exact) mass is 410 g/mol. The van der Waals surface area contributed by atoms with Crippen LogP contribution in [0, 0.1) is 10.8 Å². The smallest absolute Gasteiger partial charge is 0.306 e. The molecule has 0 spiro atoms. The predicted molar refractivity (Wildman–Crippen MR) is 106 cm³/mol. The summed E-state index contributed by atoms with van der Waals surface area (Å²) in [6.45, 7) is 7.64. The number of esters is 1. The summed E-state index contributed by atoms with van der Waals surface area (Å²) in [5.41, 5.74) is -0.614. The Bertz CT molecular complexity index is 514. The summed E-state index contributed by atoms with van der Waals surface area (Å²) in [5, 5.41) is 8.85. The second-order valence-electron chi connectivity index (χ2n) is 8.20. The van der Waals surface area contributed by atoms with Gasteiger partial charge in [0.1, 0.15) is 0 Å². The van der Waals surface area contributed by atoms with E-state index in [1.807, 2.05) is 27.7 Å². The number of ether oxygens (including phenoxy) is 1. The summed E-state index contributed by atoms with van der Waals surface area (Å²) in [6, 6.07) is 0. The fraction of sp³-hybridized carbons (Fsp3) is 0.889. The van der Waals surface area contributed by atoms with Gasteiger partial charge < -0.3 is 9.84 Å². The third-order valence-electron chi connectivity index (χ3n) is 4.24. The van der Waals surface area contributed by atoms with Gasteiger partial charge in [0.15, 0.2) is 0 Å². The lowest BCUT2D eigenvalue weighted by Gasteiger charge is -2.22. The number of carbonyl (C=O) groups excluding carboxylic acids is 1. The summed E-state index contributed by atoms with van der Waals surface area (Å²) < 4.78 is 28.8. The molecule has 0 aliphatic heterocycles. The van der Waals surface area contributed by atoms with Gasteiger partial charge in [-0.15, -0.1) is 0 Å². The Hall–Kier alpha value is -0.760. The average molecular weight is 411 g/mol. The number of carbonyl (C=O) groups is 2. The average Bonchev–Trinajstić information content (AvgIpc) is 2.49. The van der Waals surface area contributed by atoms with E-state index < -0.39 is 27.6 Å². The molecule has 26 heavy (non-hydrogen) atoms. The SMILES string of the molecule is COC(=O)CC(C)(C)CCS(=O)CCCS(=O)CCC(C)(C)CC(=O)O. The minimum atomic E-state index is -1.02. The van der Waals surface area contributed by atoms with Crippen LogP contribution >= 0.6 is 0 Å². The van der Waals surface area contributed by atoms with E-state index in [0.717, 1.165) is 0 Å². The van der Waals surface area contributed by atoms with E-state index in [1.54, 1.807) is 0 Å². The Morgan fingerprint density at radius 1 is 0.846 bits per heavy atom. The molecule has 2 unspecified atom stereocenters. The fourth-order valence-corrected chi connectivity index (χ4v) is 5.50. The van der Waals surface area contributed by atoms with Crippen LogP contribution in [0.5, 0.6) is 0 Å². The van der Waals surface area contributed by atoms with E-state index in [0.29, 0.717) is 48.7 Å². The first-order valence-corrected chi connectivity index (χ1v) is 11.8. The molecule has 0 aliphatic carbocycles. The lowest BCUT2D eigenvalue weighted by molar-refractivity contribution is -0.143. The molecule has 0 aromatic carbocycles. The Morgan fingerprint density at radius 3 is 1.65 bits per heavy atom. The van der Waals surface area contributed by atoms with Crippen LogP contribution in [0.2, 0.25) is 0 Å². The summed E-state index contributed by atoms with van der Waals surface area (Å²) in [6.07, 6.45) is 2.25. The quantitative estimate of drug-likeness (QED) is 0.442. The van der Waals surface area contributed by atoms with Gasteiger partial charge >= 0.3 is 11.9 Å². The second-order valence-corrected chi connectivity index (χ2v) is 11.6. The molecule has 0 saturated heterocycles. The number of aliphatic carboxylic acids is 1. The maximum atomic E-state index is 12.1. The molecule has 1 N–H and O–H groups in total. The van der Waals surface area contributed by atoms with E-state index in [1.165, 1.54) is 7.11 Å². The Labute approximate surface area is 162 Å². The zero-order valence-corrected chi connectivity index (χ0v) is 18.3. The highest BCUT2D eigenvalue weighted by Crippen LogP contribution is 2.26. The standard InChI is InChI=1S/C18H34O6S2/c1-17(2,13-15(19)20)7-11-25(22)9-6-10-26(23)12-8-18(3,4)14-16(21)24-5/h6-14H2,1-5H3,(H,19,20). The van der Waals surface area contributed by atoms with E-state index in [2.05, 4.69) is 4.74 Å². The van der Waals surface area contributed by atoms with E-state index in [-0.39, 0.29) is 23.2 Å². The number of carboxylic acid groups (broad SMARTS) is 1. The molecular formula is C18H34O6S2. The van der Waals surface area contributed by atoms with Crippen molar-refractivity contribution in [3.63, 3.8) is 0 Å². The van der Waals surface area contributed by atoms with Crippen LogP contribution in [0.25, 0.3) is 0 Å². The minimum Gasteiger partial charge on any atom is -0.481 e. The lowest BCUT2D eigenvalue weighted by Crippen LogP contribution is -2.22. The molecule has 2 atom stereocenters. The Balaban J connectivity index is 4.02. The number of hydrogen-bond donors (Lipinski definition) is 1. The van der Waals surface area contributed by atoms with Gasteiger partial charge in [-0.2, -0.15) is 0 Å². The van der Waals surface area contributed by atoms with Crippen molar-refractivity contribution in [2.75, 3.05) is 30.1 Å². The Morgan fingerprint density at radius 2 is 1.27 bits per heavy atom. The summed E-state index contributed by atoms with van der Waals surface area (Å²) >= 11 is 0. The Kier molecular flexibility index (Phi) is 11.5. The number of rotatable bonds is 14. The summed E-state index contributed by atoms with van der Waals surface area (Å²) in [7, 11) is -0.649. The highest BCUT2D eigenvalue weighted by atomic mass is 32.2. The molecule has 0 aromatic heterocycles. The second kappa shape index (κ2) is 11.8. The van der Waals surface area contributed by atoms with Gasteiger partial charge in [-0.1, -0.05) is 27.7 Å². The number of methoxy groups -OCH3 is 1. The van der Waals surface area contributed by atoms with Crippen molar-refractivity contribution in [1.29, 1.82) is 0 Å². The molecule has 0 radical (unpaired) electrons.